The predicted octanol–water partition coefficient (Wildman–Crippen LogP) is 3.02. The second-order valence-corrected chi connectivity index (χ2v) is 10.2. The molecule has 3 aromatic rings. The minimum absolute atomic E-state index is 0.0398. The Morgan fingerprint density at radius 1 is 1.24 bits per heavy atom. The van der Waals surface area contributed by atoms with Crippen LogP contribution >= 0.6 is 11.6 Å². The molecule has 0 aliphatic carbocycles. The van der Waals surface area contributed by atoms with Gasteiger partial charge in [0.1, 0.15) is 5.82 Å². The highest BCUT2D eigenvalue weighted by atomic mass is 35.5. The summed E-state index contributed by atoms with van der Waals surface area (Å²) in [6.07, 6.45) is 3.02. The molecule has 0 bridgehead atoms. The first-order valence-corrected chi connectivity index (χ1v) is 12.6. The van der Waals surface area contributed by atoms with Gasteiger partial charge in [-0.1, -0.05) is 31.5 Å². The van der Waals surface area contributed by atoms with Gasteiger partial charge in [0.25, 0.3) is 10.1 Å². The number of halogens is 2. The molecule has 0 saturated heterocycles. The summed E-state index contributed by atoms with van der Waals surface area (Å²) in [7, 11) is -3.54. The minimum atomic E-state index is -3.54. The lowest BCUT2D eigenvalue weighted by molar-refractivity contribution is -0.120. The van der Waals surface area contributed by atoms with Gasteiger partial charge in [0.15, 0.2) is 17.4 Å². The SMILES string of the molecule is CC(C)CC(=O)Cn1c(-c2ccc(F)c(Cl)c2)nn(-c2ccc(CCOS(C)(=O)=O)cn2)c1=O. The fourth-order valence-corrected chi connectivity index (χ4v) is 3.80. The van der Waals surface area contributed by atoms with Crippen LogP contribution in [0.15, 0.2) is 41.3 Å². The number of nitrogens with zero attached hydrogens (tertiary/aromatic N) is 4. The molecule has 2 aromatic heterocycles. The minimum Gasteiger partial charge on any atom is -0.298 e. The van der Waals surface area contributed by atoms with Gasteiger partial charge in [-0.05, 0) is 42.2 Å². The van der Waals surface area contributed by atoms with Gasteiger partial charge in [-0.25, -0.2) is 14.2 Å². The van der Waals surface area contributed by atoms with E-state index in [2.05, 4.69) is 10.1 Å². The summed E-state index contributed by atoms with van der Waals surface area (Å²) in [5.41, 5.74) is 0.472. The second kappa shape index (κ2) is 10.6. The summed E-state index contributed by atoms with van der Waals surface area (Å²) >= 11 is 5.92. The van der Waals surface area contributed by atoms with E-state index in [1.54, 1.807) is 12.1 Å². The molecule has 0 fully saturated rings. The quantitative estimate of drug-likeness (QED) is 0.385. The van der Waals surface area contributed by atoms with Gasteiger partial charge >= 0.3 is 5.69 Å². The number of ketones is 1. The molecule has 34 heavy (non-hydrogen) atoms. The molecule has 0 aliphatic rings. The van der Waals surface area contributed by atoms with Crippen molar-refractivity contribution in [2.24, 2.45) is 5.92 Å². The first-order valence-electron chi connectivity index (χ1n) is 10.4. The maximum atomic E-state index is 13.7. The van der Waals surface area contributed by atoms with Gasteiger partial charge in [0.05, 0.1) is 24.4 Å². The van der Waals surface area contributed by atoms with Crippen LogP contribution in [0.5, 0.6) is 0 Å². The Morgan fingerprint density at radius 3 is 2.56 bits per heavy atom. The highest BCUT2D eigenvalue weighted by Crippen LogP contribution is 2.23. The zero-order valence-electron chi connectivity index (χ0n) is 18.9. The van der Waals surface area contributed by atoms with Gasteiger partial charge in [-0.3, -0.25) is 13.5 Å². The van der Waals surface area contributed by atoms with Gasteiger partial charge < -0.3 is 0 Å². The molecule has 0 N–H and O–H groups in total. The van der Waals surface area contributed by atoms with Crippen molar-refractivity contribution in [1.29, 1.82) is 0 Å². The number of hydrogen-bond acceptors (Lipinski definition) is 7. The number of hydrogen-bond donors (Lipinski definition) is 0. The fourth-order valence-electron chi connectivity index (χ4n) is 3.23. The molecule has 1 aromatic carbocycles. The Kier molecular flexibility index (Phi) is 8.01. The molecular weight excluding hydrogens is 487 g/mol. The van der Waals surface area contributed by atoms with Crippen LogP contribution < -0.4 is 5.69 Å². The Balaban J connectivity index is 1.97. The van der Waals surface area contributed by atoms with Crippen LogP contribution in [0, 0.1) is 11.7 Å². The van der Waals surface area contributed by atoms with E-state index in [0.717, 1.165) is 17.0 Å². The van der Waals surface area contributed by atoms with E-state index in [0.29, 0.717) is 17.5 Å². The second-order valence-electron chi connectivity index (χ2n) is 8.17. The molecule has 0 amide bonds. The first kappa shape index (κ1) is 25.7. The molecule has 0 spiro atoms. The molecule has 182 valence electrons. The fraction of sp³-hybridized carbons (Fsp3) is 0.364. The van der Waals surface area contributed by atoms with E-state index in [4.69, 9.17) is 15.8 Å². The van der Waals surface area contributed by atoms with Crippen LogP contribution in [0.25, 0.3) is 17.2 Å². The van der Waals surface area contributed by atoms with Crippen molar-refractivity contribution < 1.29 is 21.8 Å². The van der Waals surface area contributed by atoms with Gasteiger partial charge in [0.2, 0.25) is 0 Å². The standard InChI is InChI=1S/C22H24ClFN4O5S/c1-14(2)10-17(29)13-27-21(16-5-6-19(24)18(23)11-16)26-28(22(27)30)20-7-4-15(12-25-20)8-9-33-34(3,31)32/h4-7,11-12,14H,8-10,13H2,1-3H3. The third kappa shape index (κ3) is 6.58. The molecule has 12 heteroatoms. The normalized spacial score (nSPS) is 11.8. The summed E-state index contributed by atoms with van der Waals surface area (Å²) in [6, 6.07) is 7.14. The van der Waals surface area contributed by atoms with E-state index < -0.39 is 21.6 Å². The maximum Gasteiger partial charge on any atom is 0.352 e. The molecule has 0 atom stereocenters. The molecule has 3 rings (SSSR count). The van der Waals surface area contributed by atoms with E-state index >= 15 is 0 Å². The van der Waals surface area contributed by atoms with Crippen molar-refractivity contribution in [2.45, 2.75) is 33.2 Å². The van der Waals surface area contributed by atoms with E-state index in [-0.39, 0.29) is 47.9 Å². The number of carbonyl (C=O) groups is 1. The molecule has 0 unspecified atom stereocenters. The molecule has 0 radical (unpaired) electrons. The van der Waals surface area contributed by atoms with Gasteiger partial charge in [-0.15, -0.1) is 5.10 Å². The number of benzene rings is 1. The number of carbonyl (C=O) groups excluding carboxylic acids is 1. The largest absolute Gasteiger partial charge is 0.352 e. The van der Waals surface area contributed by atoms with Gasteiger partial charge in [-0.2, -0.15) is 13.1 Å². The molecule has 2 heterocycles. The van der Waals surface area contributed by atoms with E-state index in [9.17, 15) is 22.4 Å². The smallest absolute Gasteiger partial charge is 0.298 e. The number of rotatable bonds is 10. The third-order valence-corrected chi connectivity index (χ3v) is 5.61. The highest BCUT2D eigenvalue weighted by molar-refractivity contribution is 7.85. The van der Waals surface area contributed by atoms with Crippen LogP contribution in [0.1, 0.15) is 25.8 Å². The summed E-state index contributed by atoms with van der Waals surface area (Å²) in [5, 5.41) is 4.20. The first-order chi connectivity index (χ1) is 15.9. The Morgan fingerprint density at radius 2 is 1.97 bits per heavy atom. The third-order valence-electron chi connectivity index (χ3n) is 4.72. The molecular formula is C22H24ClFN4O5S. The zero-order chi connectivity index (χ0) is 25.0. The zero-order valence-corrected chi connectivity index (χ0v) is 20.4. The lowest BCUT2D eigenvalue weighted by Crippen LogP contribution is -2.27. The average molecular weight is 511 g/mol. The molecule has 0 saturated carbocycles. The van der Waals surface area contributed by atoms with Crippen LogP contribution in [-0.4, -0.2) is 46.4 Å². The molecule has 9 nitrogen and oxygen atoms in total. The van der Waals surface area contributed by atoms with E-state index in [1.807, 2.05) is 13.8 Å². The van der Waals surface area contributed by atoms with Crippen molar-refractivity contribution in [3.8, 4) is 17.2 Å². The van der Waals surface area contributed by atoms with Crippen molar-refractivity contribution in [3.63, 3.8) is 0 Å². The van der Waals surface area contributed by atoms with Crippen molar-refractivity contribution in [2.75, 3.05) is 12.9 Å². The van der Waals surface area contributed by atoms with Crippen LogP contribution in [0.2, 0.25) is 5.02 Å². The number of pyridine rings is 1. The summed E-state index contributed by atoms with van der Waals surface area (Å²) in [4.78, 5) is 29.9. The van der Waals surface area contributed by atoms with Crippen LogP contribution in [-0.2, 0) is 32.1 Å². The highest BCUT2D eigenvalue weighted by Gasteiger charge is 2.20. The van der Waals surface area contributed by atoms with Crippen molar-refractivity contribution >= 4 is 27.5 Å². The average Bonchev–Trinajstić information content (AvgIpc) is 3.05. The van der Waals surface area contributed by atoms with E-state index in [1.165, 1.54) is 22.9 Å². The summed E-state index contributed by atoms with van der Waals surface area (Å²) < 4.78 is 42.8. The number of Topliss-reactive ketones (excluding diaryl/α,β-unsaturated/α-hetero) is 1. The Hall–Kier alpha value is -2.89. The van der Waals surface area contributed by atoms with Gasteiger partial charge in [0, 0.05) is 18.2 Å². The summed E-state index contributed by atoms with van der Waals surface area (Å²) in [6.45, 7) is 3.55. The number of aromatic nitrogens is 4. The van der Waals surface area contributed by atoms with Crippen molar-refractivity contribution in [1.82, 2.24) is 19.3 Å². The topological polar surface area (TPSA) is 113 Å². The lowest BCUT2D eigenvalue weighted by atomic mass is 10.1. The Bertz CT molecular complexity index is 1350. The maximum absolute atomic E-state index is 13.7. The van der Waals surface area contributed by atoms with Crippen LogP contribution in [0.4, 0.5) is 4.39 Å². The predicted molar refractivity (Wildman–Crippen MR) is 125 cm³/mol. The summed E-state index contributed by atoms with van der Waals surface area (Å²) in [5.74, 6) is -0.311. The lowest BCUT2D eigenvalue weighted by Gasteiger charge is -2.07. The monoisotopic (exact) mass is 510 g/mol. The van der Waals surface area contributed by atoms with Crippen LogP contribution in [0.3, 0.4) is 0 Å². The molecule has 0 aliphatic heterocycles. The van der Waals surface area contributed by atoms with Crippen molar-refractivity contribution in [3.05, 3.63) is 63.4 Å². The Labute approximate surface area is 201 Å².